The van der Waals surface area contributed by atoms with E-state index in [1.165, 1.54) is 5.56 Å². The van der Waals surface area contributed by atoms with Crippen LogP contribution < -0.4 is 4.74 Å². The molecule has 1 aromatic carbocycles. The Kier molecular flexibility index (Phi) is 6.36. The zero-order valence-electron chi connectivity index (χ0n) is 13.8. The number of benzene rings is 1. The zero-order valence-corrected chi connectivity index (χ0v) is 13.8. The minimum Gasteiger partial charge on any atom is -0.491 e. The molecule has 0 fully saturated rings. The molecule has 0 atom stereocenters. The van der Waals surface area contributed by atoms with Gasteiger partial charge in [0.15, 0.2) is 0 Å². The average Bonchev–Trinajstić information content (AvgIpc) is 2.86. The Balaban J connectivity index is 1.94. The number of H-pyrrole nitrogens is 1. The van der Waals surface area contributed by atoms with E-state index < -0.39 is 6.61 Å². The van der Waals surface area contributed by atoms with E-state index in [1.54, 1.807) is 0 Å². The van der Waals surface area contributed by atoms with Gasteiger partial charge in [-0.1, -0.05) is 0 Å². The van der Waals surface area contributed by atoms with Crippen LogP contribution in [0.15, 0.2) is 24.4 Å². The Morgan fingerprint density at radius 2 is 2.00 bits per heavy atom. The van der Waals surface area contributed by atoms with Gasteiger partial charge in [-0.15, -0.1) is 0 Å². The number of ether oxygens (including phenoxy) is 2. The fourth-order valence-electron chi connectivity index (χ4n) is 2.43. The van der Waals surface area contributed by atoms with Crippen LogP contribution in [0.25, 0.3) is 10.9 Å². The lowest BCUT2D eigenvalue weighted by molar-refractivity contribution is -0.131. The molecular weight excluding hydrogens is 302 g/mol. The van der Waals surface area contributed by atoms with Crippen molar-refractivity contribution in [2.24, 2.45) is 0 Å². The monoisotopic (exact) mass is 326 g/mol. The molecule has 0 radical (unpaired) electrons. The summed E-state index contributed by atoms with van der Waals surface area (Å²) < 4.78 is 33.9. The van der Waals surface area contributed by atoms with Crippen molar-refractivity contribution in [1.82, 2.24) is 9.88 Å². The van der Waals surface area contributed by atoms with Crippen molar-refractivity contribution >= 4 is 10.9 Å². The molecule has 2 rings (SSSR count). The van der Waals surface area contributed by atoms with Crippen LogP contribution in [0.4, 0.5) is 8.78 Å². The topological polar surface area (TPSA) is 37.5 Å². The fourth-order valence-corrected chi connectivity index (χ4v) is 2.43. The van der Waals surface area contributed by atoms with E-state index >= 15 is 0 Å². The Morgan fingerprint density at radius 1 is 1.22 bits per heavy atom. The second kappa shape index (κ2) is 8.26. The van der Waals surface area contributed by atoms with Crippen LogP contribution in [-0.4, -0.2) is 49.3 Å². The van der Waals surface area contributed by atoms with Crippen LogP contribution >= 0.6 is 0 Å². The minimum atomic E-state index is -2.70. The van der Waals surface area contributed by atoms with E-state index in [9.17, 15) is 8.78 Å². The van der Waals surface area contributed by atoms with Crippen LogP contribution in [0.3, 0.4) is 0 Å². The number of hydrogen-bond donors (Lipinski definition) is 1. The van der Waals surface area contributed by atoms with Gasteiger partial charge < -0.3 is 19.4 Å². The van der Waals surface area contributed by atoms with Crippen molar-refractivity contribution in [3.8, 4) is 5.75 Å². The highest BCUT2D eigenvalue weighted by Crippen LogP contribution is 2.24. The first-order valence-electron chi connectivity index (χ1n) is 7.80. The Morgan fingerprint density at radius 3 is 2.70 bits per heavy atom. The Hall–Kier alpha value is -1.66. The van der Waals surface area contributed by atoms with Crippen LogP contribution in [0, 0.1) is 0 Å². The highest BCUT2D eigenvalue weighted by atomic mass is 19.3. The number of hydrogen-bond acceptors (Lipinski definition) is 3. The molecule has 1 aromatic heterocycles. The first-order chi connectivity index (χ1) is 11.0. The fraction of sp³-hybridized carbons (Fsp3) is 0.529. The largest absolute Gasteiger partial charge is 0.491 e. The minimum absolute atomic E-state index is 0.0361. The molecule has 0 bridgehead atoms. The van der Waals surface area contributed by atoms with Crippen molar-refractivity contribution < 1.29 is 18.3 Å². The van der Waals surface area contributed by atoms with Crippen LogP contribution in [0.5, 0.6) is 5.75 Å². The van der Waals surface area contributed by atoms with Crippen molar-refractivity contribution in [1.29, 1.82) is 0 Å². The van der Waals surface area contributed by atoms with Gasteiger partial charge in [-0.3, -0.25) is 0 Å². The summed E-state index contributed by atoms with van der Waals surface area (Å²) in [4.78, 5) is 5.23. The first-order valence-corrected chi connectivity index (χ1v) is 7.80. The molecule has 128 valence electrons. The van der Waals surface area contributed by atoms with Gasteiger partial charge in [-0.25, -0.2) is 0 Å². The van der Waals surface area contributed by atoms with Crippen molar-refractivity contribution in [3.63, 3.8) is 0 Å². The summed E-state index contributed by atoms with van der Waals surface area (Å²) in [7, 11) is 1.90. The molecule has 0 aliphatic rings. The predicted molar refractivity (Wildman–Crippen MR) is 87.2 cm³/mol. The number of aromatic amines is 1. The number of likely N-dealkylation sites (N-methyl/N-ethyl adjacent to an activating group) is 1. The zero-order chi connectivity index (χ0) is 16.8. The van der Waals surface area contributed by atoms with E-state index in [1.807, 2.05) is 50.2 Å². The molecule has 0 aliphatic heterocycles. The van der Waals surface area contributed by atoms with Crippen LogP contribution in [0.2, 0.25) is 0 Å². The number of rotatable bonds is 9. The summed E-state index contributed by atoms with van der Waals surface area (Å²) >= 11 is 0. The molecule has 0 saturated heterocycles. The standard InChI is InChI=1S/C17H24F2N2O2/c1-12(2)23-14-4-5-16-15(10-14)13(11-20-16)6-7-21(3)8-9-22-17(18)19/h4-5,10-12,17,20H,6-9H2,1-3H3. The summed E-state index contributed by atoms with van der Waals surface area (Å²) in [6, 6.07) is 6.01. The molecule has 0 spiro atoms. The number of alkyl halides is 2. The normalized spacial score (nSPS) is 12.0. The number of halogens is 2. The summed E-state index contributed by atoms with van der Waals surface area (Å²) in [6.45, 7) is 2.59. The number of nitrogens with zero attached hydrogens (tertiary/aromatic N) is 1. The maximum absolute atomic E-state index is 11.9. The molecule has 6 heteroatoms. The molecule has 4 nitrogen and oxygen atoms in total. The maximum Gasteiger partial charge on any atom is 0.345 e. The van der Waals surface area contributed by atoms with E-state index in [0.29, 0.717) is 6.54 Å². The van der Waals surface area contributed by atoms with Gasteiger partial charge in [0, 0.05) is 30.2 Å². The van der Waals surface area contributed by atoms with Gasteiger partial charge >= 0.3 is 6.61 Å². The molecule has 0 aliphatic carbocycles. The molecule has 0 unspecified atom stereocenters. The third-order valence-corrected chi connectivity index (χ3v) is 3.59. The third-order valence-electron chi connectivity index (χ3n) is 3.59. The van der Waals surface area contributed by atoms with Gasteiger partial charge in [0.1, 0.15) is 5.75 Å². The number of aromatic nitrogens is 1. The quantitative estimate of drug-likeness (QED) is 0.764. The van der Waals surface area contributed by atoms with Crippen LogP contribution in [-0.2, 0) is 11.2 Å². The Labute approximate surface area is 135 Å². The molecule has 0 amide bonds. The average molecular weight is 326 g/mol. The lowest BCUT2D eigenvalue weighted by atomic mass is 10.1. The third kappa shape index (κ3) is 5.48. The van der Waals surface area contributed by atoms with E-state index in [-0.39, 0.29) is 12.7 Å². The molecule has 2 aromatic rings. The van der Waals surface area contributed by atoms with Crippen LogP contribution in [0.1, 0.15) is 19.4 Å². The second-order valence-electron chi connectivity index (χ2n) is 5.87. The molecular formula is C17H24F2N2O2. The van der Waals surface area contributed by atoms with Gasteiger partial charge in [-0.2, -0.15) is 8.78 Å². The van der Waals surface area contributed by atoms with E-state index in [0.717, 1.165) is 29.6 Å². The maximum atomic E-state index is 11.9. The molecule has 1 heterocycles. The van der Waals surface area contributed by atoms with E-state index in [2.05, 4.69) is 9.72 Å². The molecule has 1 N–H and O–H groups in total. The predicted octanol–water partition coefficient (Wildman–Crippen LogP) is 3.67. The van der Waals surface area contributed by atoms with Gasteiger partial charge in [-0.05, 0) is 51.1 Å². The Bertz CT molecular complexity index is 614. The van der Waals surface area contributed by atoms with Gasteiger partial charge in [0.05, 0.1) is 12.7 Å². The van der Waals surface area contributed by atoms with Crippen molar-refractivity contribution in [2.45, 2.75) is 33.0 Å². The summed E-state index contributed by atoms with van der Waals surface area (Å²) in [5.41, 5.74) is 2.26. The lowest BCUT2D eigenvalue weighted by Gasteiger charge is -2.16. The molecule has 23 heavy (non-hydrogen) atoms. The van der Waals surface area contributed by atoms with Crippen molar-refractivity contribution in [3.05, 3.63) is 30.0 Å². The van der Waals surface area contributed by atoms with Gasteiger partial charge in [0.2, 0.25) is 0 Å². The smallest absolute Gasteiger partial charge is 0.345 e. The summed E-state index contributed by atoms with van der Waals surface area (Å²) in [5, 5.41) is 1.14. The second-order valence-corrected chi connectivity index (χ2v) is 5.87. The first kappa shape index (κ1) is 17.7. The number of nitrogens with one attached hydrogen (secondary N) is 1. The summed E-state index contributed by atoms with van der Waals surface area (Å²) in [5.74, 6) is 0.854. The van der Waals surface area contributed by atoms with Crippen molar-refractivity contribution in [2.75, 3.05) is 26.7 Å². The lowest BCUT2D eigenvalue weighted by Crippen LogP contribution is -2.26. The van der Waals surface area contributed by atoms with Gasteiger partial charge in [0.25, 0.3) is 0 Å². The highest BCUT2D eigenvalue weighted by molar-refractivity contribution is 5.84. The highest BCUT2D eigenvalue weighted by Gasteiger charge is 2.08. The SMILES string of the molecule is CC(C)Oc1ccc2[nH]cc(CCN(C)CCOC(F)F)c2c1. The summed E-state index contributed by atoms with van der Waals surface area (Å²) in [6.07, 6.45) is 2.96. The number of fused-ring (bicyclic) bond motifs is 1. The molecule has 0 saturated carbocycles. The van der Waals surface area contributed by atoms with E-state index in [4.69, 9.17) is 4.74 Å².